The van der Waals surface area contributed by atoms with E-state index < -0.39 is 59.6 Å². The number of aliphatic hydroxyl groups is 1. The molecule has 380 valence electrons. The number of hydrogen-bond acceptors (Lipinski definition) is 11. The number of β-amino-alcohol motifs (C(OH)–C–C–N with tert-alkyl or cyclic N) is 1. The average Bonchev–Trinajstić information content (AvgIpc) is 4.05. The van der Waals surface area contributed by atoms with E-state index in [0.29, 0.717) is 25.7 Å². The van der Waals surface area contributed by atoms with Crippen molar-refractivity contribution >= 4 is 52.5 Å². The van der Waals surface area contributed by atoms with Crippen LogP contribution in [0, 0.1) is 12.3 Å². The zero-order chi connectivity index (χ0) is 51.1. The number of nitrogens with two attached hydrogens (primary N) is 2. The molecule has 1 saturated heterocycles. The van der Waals surface area contributed by atoms with Gasteiger partial charge in [-0.1, -0.05) is 87.5 Å². The largest absolute Gasteiger partial charge is 0.391 e. The van der Waals surface area contributed by atoms with Gasteiger partial charge in [-0.25, -0.2) is 4.98 Å². The molecule has 4 heterocycles. The van der Waals surface area contributed by atoms with Crippen LogP contribution < -0.4 is 32.3 Å². The van der Waals surface area contributed by atoms with Gasteiger partial charge in [0.1, 0.15) is 18.1 Å². The topological polar surface area (TPSA) is 239 Å². The lowest BCUT2D eigenvalue weighted by atomic mass is 9.85. The molecule has 0 bridgehead atoms. The van der Waals surface area contributed by atoms with Gasteiger partial charge >= 0.3 is 0 Å². The highest BCUT2D eigenvalue weighted by Crippen LogP contribution is 2.39. The van der Waals surface area contributed by atoms with Crippen LogP contribution in [-0.4, -0.2) is 99.4 Å². The molecule has 4 aromatic rings. The predicted octanol–water partition coefficient (Wildman–Crippen LogP) is 5.09. The Kier molecular flexibility index (Phi) is 17.1. The fourth-order valence-electron chi connectivity index (χ4n) is 9.87. The van der Waals surface area contributed by atoms with Gasteiger partial charge in [0.05, 0.1) is 58.7 Å². The second-order valence-electron chi connectivity index (χ2n) is 20.5. The molecule has 17 heteroatoms. The minimum atomic E-state index is -0.916. The number of amides is 6. The number of benzene rings is 3. The molecular formula is C54H70N8O8S. The molecule has 7 rings (SSSR count). The van der Waals surface area contributed by atoms with Gasteiger partial charge in [-0.2, -0.15) is 0 Å². The van der Waals surface area contributed by atoms with Gasteiger partial charge in [0, 0.05) is 32.2 Å². The summed E-state index contributed by atoms with van der Waals surface area (Å²) in [5.74, 6) is -2.14. The Morgan fingerprint density at radius 2 is 1.59 bits per heavy atom. The number of thiazole rings is 1. The summed E-state index contributed by atoms with van der Waals surface area (Å²) in [6.07, 6.45) is 2.80. The van der Waals surface area contributed by atoms with Crippen molar-refractivity contribution in [1.29, 1.82) is 0 Å². The lowest BCUT2D eigenvalue weighted by molar-refractivity contribution is -0.144. The highest BCUT2D eigenvalue weighted by Gasteiger charge is 2.46. The van der Waals surface area contributed by atoms with E-state index in [1.165, 1.54) is 4.90 Å². The molecule has 0 aliphatic carbocycles. The Labute approximate surface area is 420 Å². The molecule has 4 unspecified atom stereocenters. The Morgan fingerprint density at radius 1 is 0.901 bits per heavy atom. The number of carbonyl (C=O) groups excluding carboxylic acids is 6. The van der Waals surface area contributed by atoms with Crippen LogP contribution in [-0.2, 0) is 59.4 Å². The maximum Gasteiger partial charge on any atom is 0.246 e. The van der Waals surface area contributed by atoms with Crippen LogP contribution in [0.2, 0.25) is 0 Å². The second-order valence-corrected chi connectivity index (χ2v) is 21.4. The normalized spacial score (nSPS) is 20.4. The number of hydrogen-bond donors (Lipinski definition) is 6. The summed E-state index contributed by atoms with van der Waals surface area (Å²) in [7, 11) is 0. The number of nitrogens with zero attached hydrogens (tertiary/aromatic N) is 3. The number of nitrogens with one attached hydrogen (secondary N) is 3. The van der Waals surface area contributed by atoms with E-state index in [-0.39, 0.29) is 68.5 Å². The number of likely N-dealkylation sites (tertiary alicyclic amines) is 1. The Morgan fingerprint density at radius 3 is 2.27 bits per heavy atom. The molecule has 3 aliphatic heterocycles. The lowest BCUT2D eigenvalue weighted by Gasteiger charge is -2.35. The second kappa shape index (κ2) is 23.0. The summed E-state index contributed by atoms with van der Waals surface area (Å²) in [6, 6.07) is 17.6. The van der Waals surface area contributed by atoms with E-state index in [1.807, 2.05) is 114 Å². The summed E-state index contributed by atoms with van der Waals surface area (Å²) in [4.78, 5) is 88.9. The molecule has 16 nitrogen and oxygen atoms in total. The molecule has 8 N–H and O–H groups in total. The molecule has 0 spiro atoms. The molecule has 0 saturated carbocycles. The van der Waals surface area contributed by atoms with Gasteiger partial charge < -0.3 is 42.2 Å². The SMILES string of the molecule is Cc1ncsc1-c1ccc(C(C)NC(=O)[C@@H]2C[C@@H](O)CN2C(=O)C(NC(=O)CCCCc2ccc(COC(C)C(CCC(N)=O)NC(=O)[C@@H]3Cc4cccc5c4N3C(=O)[C@@H](N)CC5)cc2)C(C)(C)C)cc1. The lowest BCUT2D eigenvalue weighted by Crippen LogP contribution is -2.57. The number of aliphatic hydroxyl groups excluding tert-OH is 1. The zero-order valence-corrected chi connectivity index (χ0v) is 42.6. The van der Waals surface area contributed by atoms with Crippen molar-refractivity contribution in [3.05, 3.63) is 106 Å². The molecule has 3 aromatic carbocycles. The summed E-state index contributed by atoms with van der Waals surface area (Å²) < 4.78 is 6.26. The summed E-state index contributed by atoms with van der Waals surface area (Å²) >= 11 is 1.57. The minimum Gasteiger partial charge on any atom is -0.391 e. The van der Waals surface area contributed by atoms with Crippen LogP contribution in [0.25, 0.3) is 10.4 Å². The standard InChI is InChI=1S/C54H70N8O8S/c1-31(36-18-20-38(21-19-36)48-32(2)57-30-71-48)58-50(66)43-27-40(63)28-61(43)53(69)49(54(4,5)6)60-46(65)13-8-7-10-34-14-16-35(17-15-34)29-70-33(3)42(24-25-45(56)64)59-51(67)44-26-39-12-9-11-37-22-23-41(55)52(68)62(44)47(37)39/h9,11-12,14-21,30-31,33,40-44,49,63H,7-8,10,13,22-29,55H2,1-6H3,(H2,56,64)(H,58,66)(H,59,67)(H,60,65)/t31?,33?,40-,41+,42?,43+,44+,49?/m1/s1. The number of primary amides is 1. The van der Waals surface area contributed by atoms with Crippen LogP contribution >= 0.6 is 11.3 Å². The Balaban J connectivity index is 0.867. The van der Waals surface area contributed by atoms with E-state index in [9.17, 15) is 33.9 Å². The first-order valence-corrected chi connectivity index (χ1v) is 25.7. The van der Waals surface area contributed by atoms with Crippen molar-refractivity contribution in [2.24, 2.45) is 16.9 Å². The van der Waals surface area contributed by atoms with Crippen molar-refractivity contribution in [2.75, 3.05) is 11.4 Å². The number of aryl methyl sites for hydroxylation is 3. The van der Waals surface area contributed by atoms with Crippen LogP contribution in [0.3, 0.4) is 0 Å². The van der Waals surface area contributed by atoms with Crippen molar-refractivity contribution < 1.29 is 38.6 Å². The predicted molar refractivity (Wildman–Crippen MR) is 273 cm³/mol. The van der Waals surface area contributed by atoms with Crippen LogP contribution in [0.4, 0.5) is 5.69 Å². The van der Waals surface area contributed by atoms with Gasteiger partial charge in [0.25, 0.3) is 0 Å². The van der Waals surface area contributed by atoms with E-state index >= 15 is 0 Å². The molecular weight excluding hydrogens is 921 g/mol. The minimum absolute atomic E-state index is 0.00742. The van der Waals surface area contributed by atoms with Crippen LogP contribution in [0.1, 0.15) is 119 Å². The fraction of sp³-hybridized carbons (Fsp3) is 0.500. The average molecular weight is 991 g/mol. The third kappa shape index (κ3) is 12.9. The van der Waals surface area contributed by atoms with Crippen molar-refractivity contribution in [3.8, 4) is 10.4 Å². The van der Waals surface area contributed by atoms with Gasteiger partial charge in [-0.05, 0) is 98.1 Å². The van der Waals surface area contributed by atoms with E-state index in [4.69, 9.17) is 16.2 Å². The first-order valence-electron chi connectivity index (χ1n) is 24.8. The number of unbranched alkanes of at least 4 members (excludes halogenated alkanes) is 1. The van der Waals surface area contributed by atoms with Gasteiger partial charge in [-0.15, -0.1) is 11.3 Å². The third-order valence-electron chi connectivity index (χ3n) is 14.1. The molecule has 0 radical (unpaired) electrons. The van der Waals surface area contributed by atoms with Gasteiger partial charge in [0.2, 0.25) is 35.4 Å². The number of carbonyl (C=O) groups is 6. The Bertz CT molecular complexity index is 2560. The van der Waals surface area contributed by atoms with Crippen LogP contribution in [0.5, 0.6) is 0 Å². The highest BCUT2D eigenvalue weighted by molar-refractivity contribution is 7.13. The maximum absolute atomic E-state index is 14.2. The van der Waals surface area contributed by atoms with Crippen molar-refractivity contribution in [2.45, 2.75) is 161 Å². The number of rotatable bonds is 20. The highest BCUT2D eigenvalue weighted by atomic mass is 32.1. The maximum atomic E-state index is 14.2. The van der Waals surface area contributed by atoms with Crippen LogP contribution in [0.15, 0.2) is 72.2 Å². The van der Waals surface area contributed by atoms with E-state index in [2.05, 4.69) is 20.9 Å². The molecule has 1 fully saturated rings. The summed E-state index contributed by atoms with van der Waals surface area (Å²) in [5, 5.41) is 19.8. The molecule has 8 atom stereocenters. The van der Waals surface area contributed by atoms with E-state index in [1.54, 1.807) is 16.2 Å². The number of aromatic nitrogens is 1. The molecule has 1 aromatic heterocycles. The molecule has 6 amide bonds. The molecule has 71 heavy (non-hydrogen) atoms. The van der Waals surface area contributed by atoms with Crippen molar-refractivity contribution in [3.63, 3.8) is 0 Å². The summed E-state index contributed by atoms with van der Waals surface area (Å²) in [5.41, 5.74) is 20.5. The first-order chi connectivity index (χ1) is 33.8. The number of anilines is 1. The monoisotopic (exact) mass is 991 g/mol. The first kappa shape index (κ1) is 52.8. The van der Waals surface area contributed by atoms with Gasteiger partial charge in [-0.3, -0.25) is 33.7 Å². The zero-order valence-electron chi connectivity index (χ0n) is 41.7. The molecule has 3 aliphatic rings. The Hall–Kier alpha value is -6.01. The fourth-order valence-corrected chi connectivity index (χ4v) is 10.7. The third-order valence-corrected chi connectivity index (χ3v) is 15.0. The van der Waals surface area contributed by atoms with Gasteiger partial charge in [0.15, 0.2) is 0 Å². The quantitative estimate of drug-likeness (QED) is 0.0642. The smallest absolute Gasteiger partial charge is 0.246 e. The van der Waals surface area contributed by atoms with E-state index in [0.717, 1.165) is 62.5 Å². The summed E-state index contributed by atoms with van der Waals surface area (Å²) in [6.45, 7) is 11.5. The van der Waals surface area contributed by atoms with Crippen molar-refractivity contribution in [1.82, 2.24) is 25.8 Å². The number of ether oxygens (including phenoxy) is 1. The number of para-hydroxylation sites is 1.